The van der Waals surface area contributed by atoms with Crippen LogP contribution in [0.15, 0.2) is 6.58 Å². The van der Waals surface area contributed by atoms with E-state index in [4.69, 9.17) is 0 Å². The van der Waals surface area contributed by atoms with E-state index in [9.17, 15) is 29.7 Å². The fourth-order valence-corrected chi connectivity index (χ4v) is 6.19. The number of aromatic amines is 4. The van der Waals surface area contributed by atoms with Gasteiger partial charge in [0, 0.05) is 57.1 Å². The minimum absolute atomic E-state index is 0.0646. The van der Waals surface area contributed by atoms with Crippen molar-refractivity contribution in [1.29, 1.82) is 0 Å². The maximum Gasteiger partial charge on any atom is 0.303 e. The molecule has 8 bridgehead atoms. The summed E-state index contributed by atoms with van der Waals surface area (Å²) in [6.07, 6.45) is 7.94. The molecular weight excluding hydrogens is 560 g/mol. The highest BCUT2D eigenvalue weighted by Crippen LogP contribution is 2.26. The lowest BCUT2D eigenvalue weighted by atomic mass is 10.0. The molecular formula is C34H36N4O6. The third-order valence-electron chi connectivity index (χ3n) is 8.51. The summed E-state index contributed by atoms with van der Waals surface area (Å²) in [5.74, 6) is -2.05. The highest BCUT2D eigenvalue weighted by molar-refractivity contribution is 5.96. The van der Waals surface area contributed by atoms with Gasteiger partial charge in [-0.05, 0) is 105 Å². The molecule has 0 amide bonds. The first kappa shape index (κ1) is 30.2. The number of carboxylic acids is 2. The van der Waals surface area contributed by atoms with Crippen LogP contribution in [0.1, 0.15) is 91.8 Å². The molecule has 0 fully saturated rings. The van der Waals surface area contributed by atoms with Crippen LogP contribution < -0.4 is 21.4 Å². The van der Waals surface area contributed by atoms with Crippen LogP contribution in [0.3, 0.4) is 0 Å². The third kappa shape index (κ3) is 5.46. The molecule has 4 aromatic rings. The first-order valence-electron chi connectivity index (χ1n) is 14.4. The van der Waals surface area contributed by atoms with Gasteiger partial charge < -0.3 is 35.3 Å². The van der Waals surface area contributed by atoms with Gasteiger partial charge in [0.25, 0.3) is 0 Å². The van der Waals surface area contributed by atoms with Crippen molar-refractivity contribution in [3.63, 3.8) is 0 Å². The molecule has 44 heavy (non-hydrogen) atoms. The Kier molecular flexibility index (Phi) is 7.86. The van der Waals surface area contributed by atoms with Gasteiger partial charge in [0.15, 0.2) is 5.78 Å². The smallest absolute Gasteiger partial charge is 0.303 e. The summed E-state index contributed by atoms with van der Waals surface area (Å²) in [6.45, 7) is 12.9. The number of aliphatic carboxylic acids is 2. The zero-order valence-electron chi connectivity index (χ0n) is 25.4. The molecule has 1 aliphatic heterocycles. The number of carbonyl (C=O) groups is 3. The van der Waals surface area contributed by atoms with Crippen molar-refractivity contribution in [2.45, 2.75) is 60.3 Å². The number of nitrogens with one attached hydrogen (secondary N) is 4. The number of aliphatic hydroxyl groups excluding tert-OH is 1. The Bertz CT molecular complexity index is 2130. The average Bonchev–Trinajstić information content (AvgIpc) is 3.59. The number of carbonyl (C=O) groups excluding carboxylic acids is 1. The second-order valence-electron chi connectivity index (χ2n) is 11.4. The Balaban J connectivity index is 1.95. The molecule has 5 rings (SSSR count). The predicted octanol–water partition coefficient (Wildman–Crippen LogP) is 2.63. The van der Waals surface area contributed by atoms with Crippen LogP contribution in [0.5, 0.6) is 0 Å². The van der Waals surface area contributed by atoms with Crippen molar-refractivity contribution in [2.24, 2.45) is 0 Å². The lowest BCUT2D eigenvalue weighted by Gasteiger charge is -2.01. The molecule has 0 aromatic carbocycles. The van der Waals surface area contributed by atoms with Crippen molar-refractivity contribution in [3.8, 4) is 0 Å². The van der Waals surface area contributed by atoms with E-state index in [-0.39, 0.29) is 37.2 Å². The number of aliphatic hydroxyl groups is 1. The van der Waals surface area contributed by atoms with Crippen molar-refractivity contribution < 1.29 is 29.7 Å². The quantitative estimate of drug-likeness (QED) is 0.107. The molecule has 0 radical (unpaired) electrons. The van der Waals surface area contributed by atoms with Crippen LogP contribution >= 0.6 is 0 Å². The van der Waals surface area contributed by atoms with E-state index in [0.717, 1.165) is 44.4 Å². The van der Waals surface area contributed by atoms with E-state index >= 15 is 0 Å². The van der Waals surface area contributed by atoms with Gasteiger partial charge in [0.2, 0.25) is 0 Å². The molecule has 0 spiro atoms. The highest BCUT2D eigenvalue weighted by Gasteiger charge is 2.19. The Morgan fingerprint density at radius 1 is 0.591 bits per heavy atom. The first-order chi connectivity index (χ1) is 20.8. The van der Waals surface area contributed by atoms with Crippen LogP contribution in [0.25, 0.3) is 30.1 Å². The maximum atomic E-state index is 12.9. The Hall–Kier alpha value is -5.25. The largest absolute Gasteiger partial charge is 0.508 e. The van der Waals surface area contributed by atoms with Gasteiger partial charge >= 0.3 is 11.9 Å². The van der Waals surface area contributed by atoms with Crippen LogP contribution in [-0.2, 0) is 22.4 Å². The number of ketones is 1. The number of Topliss-reactive ketones (excluding diaryl/α,β-unsaturated/α-hetero) is 1. The Morgan fingerprint density at radius 3 is 1.70 bits per heavy atom. The van der Waals surface area contributed by atoms with Gasteiger partial charge in [-0.15, -0.1) is 0 Å². The molecule has 1 aliphatic rings. The molecule has 228 valence electrons. The number of rotatable bonds is 8. The SMILES string of the molecule is C=C(O)c1c2[nH]c(c1C)/C=c1\[nH]/c(c(CCC(=O)O)c1C)=C\c1[nH]c(c(C)c1CCC(=O)O)/C=c1\[nH]/c(c(C)c1C(C)=O)=C\2. The lowest BCUT2D eigenvalue weighted by molar-refractivity contribution is -0.138. The number of H-pyrrole nitrogens is 4. The molecule has 5 heterocycles. The molecule has 0 saturated carbocycles. The maximum absolute atomic E-state index is 12.9. The normalized spacial score (nSPS) is 15.2. The summed E-state index contributed by atoms with van der Waals surface area (Å²) in [6, 6.07) is 0. The Labute approximate surface area is 252 Å². The highest BCUT2D eigenvalue weighted by atomic mass is 16.4. The van der Waals surface area contributed by atoms with Gasteiger partial charge in [0.1, 0.15) is 5.76 Å². The van der Waals surface area contributed by atoms with Crippen LogP contribution in [0.4, 0.5) is 0 Å². The monoisotopic (exact) mass is 596 g/mol. The molecule has 10 heteroatoms. The standard InChI is InChI=1S/C34H36N4O6/c1-15-21(7-9-31(41)42)27-14-28-22(8-10-32(43)44)16(2)24(36-28)12-29-34(20(6)40)18(4)26(38-29)13-30-33(19(5)39)17(3)25(37-30)11-23(15)35-27/h11-14,35-39H,5,7-10H2,1-4,6H3,(H,41,42)(H,43,44)/b23-11-,24-12?,25-11?,26-13-,27-14-,28-14?,29-12-,30-13?. The molecule has 0 atom stereocenters. The van der Waals surface area contributed by atoms with Gasteiger partial charge in [0.05, 0.1) is 11.0 Å². The zero-order valence-corrected chi connectivity index (χ0v) is 25.4. The second kappa shape index (κ2) is 11.4. The van der Waals surface area contributed by atoms with E-state index in [1.165, 1.54) is 6.92 Å². The first-order valence-corrected chi connectivity index (χ1v) is 14.4. The van der Waals surface area contributed by atoms with Crippen molar-refractivity contribution in [2.75, 3.05) is 0 Å². The minimum Gasteiger partial charge on any atom is -0.508 e. The third-order valence-corrected chi connectivity index (χ3v) is 8.51. The summed E-state index contributed by atoms with van der Waals surface area (Å²) in [7, 11) is 0. The number of hydrogen-bond donors (Lipinski definition) is 7. The summed E-state index contributed by atoms with van der Waals surface area (Å²) in [5.41, 5.74) is 8.68. The number of carboxylic acid groups (broad SMARTS) is 2. The number of aromatic nitrogens is 4. The van der Waals surface area contributed by atoms with Gasteiger partial charge in [-0.3, -0.25) is 14.4 Å². The fraction of sp³-hybridized carbons (Fsp3) is 0.265. The zero-order chi connectivity index (χ0) is 32.0. The Morgan fingerprint density at radius 2 is 1.09 bits per heavy atom. The molecule has 0 saturated heterocycles. The van der Waals surface area contributed by atoms with E-state index in [1.54, 1.807) is 0 Å². The van der Waals surface area contributed by atoms with Crippen molar-refractivity contribution in [3.05, 3.63) is 95.3 Å². The van der Waals surface area contributed by atoms with Crippen LogP contribution in [0.2, 0.25) is 0 Å². The van der Waals surface area contributed by atoms with Gasteiger partial charge in [-0.1, -0.05) is 6.58 Å². The number of fused-ring (bicyclic) bond motifs is 8. The molecule has 10 nitrogen and oxygen atoms in total. The van der Waals surface area contributed by atoms with Crippen molar-refractivity contribution >= 4 is 47.8 Å². The van der Waals surface area contributed by atoms with E-state index < -0.39 is 11.9 Å². The number of hydrogen-bond acceptors (Lipinski definition) is 4. The summed E-state index contributed by atoms with van der Waals surface area (Å²) < 4.78 is 0. The van der Waals surface area contributed by atoms with Crippen LogP contribution in [-0.4, -0.2) is 53.0 Å². The average molecular weight is 597 g/mol. The van der Waals surface area contributed by atoms with Crippen LogP contribution in [0, 0.1) is 27.7 Å². The topological polar surface area (TPSA) is 175 Å². The van der Waals surface area contributed by atoms with Crippen molar-refractivity contribution in [1.82, 2.24) is 19.9 Å². The predicted molar refractivity (Wildman–Crippen MR) is 168 cm³/mol. The molecule has 4 aromatic heterocycles. The molecule has 7 N–H and O–H groups in total. The minimum atomic E-state index is -0.917. The molecule has 0 unspecified atom stereocenters. The van der Waals surface area contributed by atoms with E-state index in [1.807, 2.05) is 52.0 Å². The summed E-state index contributed by atoms with van der Waals surface area (Å²) in [4.78, 5) is 49.6. The fourth-order valence-electron chi connectivity index (χ4n) is 6.19. The summed E-state index contributed by atoms with van der Waals surface area (Å²) in [5, 5.41) is 32.2. The lowest BCUT2D eigenvalue weighted by Crippen LogP contribution is -2.14. The van der Waals surface area contributed by atoms with Gasteiger partial charge in [-0.25, -0.2) is 0 Å². The van der Waals surface area contributed by atoms with E-state index in [2.05, 4.69) is 26.5 Å². The summed E-state index contributed by atoms with van der Waals surface area (Å²) >= 11 is 0. The van der Waals surface area contributed by atoms with Gasteiger partial charge in [-0.2, -0.15) is 0 Å². The van der Waals surface area contributed by atoms with E-state index in [0.29, 0.717) is 44.3 Å². The molecule has 0 aliphatic carbocycles. The second-order valence-corrected chi connectivity index (χ2v) is 11.4.